The molecule has 1 aromatic heterocycles. The summed E-state index contributed by atoms with van der Waals surface area (Å²) in [6, 6.07) is 13.8. The van der Waals surface area contributed by atoms with Crippen LogP contribution in [0.5, 0.6) is 0 Å². The van der Waals surface area contributed by atoms with Gasteiger partial charge in [0.1, 0.15) is 0 Å². The Balaban J connectivity index is 0.00000225. The predicted octanol–water partition coefficient (Wildman–Crippen LogP) is 4.62. The van der Waals surface area contributed by atoms with E-state index in [1.807, 2.05) is 23.7 Å². The molecule has 0 bridgehead atoms. The third-order valence-corrected chi connectivity index (χ3v) is 5.18. The number of carbonyl (C=O) groups is 1. The number of nitrogens with one attached hydrogen (secondary N) is 1. The molecule has 1 aliphatic rings. The minimum absolute atomic E-state index is 0. The smallest absolute Gasteiger partial charge is 0.276 e. The highest BCUT2D eigenvalue weighted by Gasteiger charge is 2.25. The van der Waals surface area contributed by atoms with Crippen LogP contribution in [0.4, 0.5) is 11.4 Å². The molecule has 0 unspecified atom stereocenters. The number of anilines is 2. The van der Waals surface area contributed by atoms with E-state index in [9.17, 15) is 4.79 Å². The third-order valence-electron chi connectivity index (χ3n) is 5.18. The van der Waals surface area contributed by atoms with Gasteiger partial charge in [0.05, 0.1) is 5.69 Å². The van der Waals surface area contributed by atoms with Gasteiger partial charge in [-0.05, 0) is 69.4 Å². The molecule has 0 saturated carbocycles. The number of nitrogen functional groups attached to an aromatic ring is 1. The van der Waals surface area contributed by atoms with Gasteiger partial charge >= 0.3 is 0 Å². The normalized spacial score (nSPS) is 12.8. The molecular formula is C22H25ClN4O. The zero-order valence-electron chi connectivity index (χ0n) is 16.2. The lowest BCUT2D eigenvalue weighted by Gasteiger charge is -2.14. The highest BCUT2D eigenvalue weighted by atomic mass is 35.5. The van der Waals surface area contributed by atoms with Crippen LogP contribution in [0.2, 0.25) is 0 Å². The second-order valence-electron chi connectivity index (χ2n) is 7.26. The Labute approximate surface area is 171 Å². The standard InChI is InChI=1S/C22H24N4O.ClH/c1-14-7-11-17(12-8-14)26-20-6-4-3-5-18(20)21(25-26)22(27)24-19-13-16(23)10-9-15(19)2;/h7-13H,3-6,23H2,1-2H3,(H,24,27);1H. The van der Waals surface area contributed by atoms with Crippen molar-refractivity contribution in [1.82, 2.24) is 9.78 Å². The van der Waals surface area contributed by atoms with E-state index in [4.69, 9.17) is 10.8 Å². The summed E-state index contributed by atoms with van der Waals surface area (Å²) >= 11 is 0. The van der Waals surface area contributed by atoms with E-state index in [2.05, 4.69) is 36.5 Å². The topological polar surface area (TPSA) is 72.9 Å². The van der Waals surface area contributed by atoms with Crippen molar-refractivity contribution < 1.29 is 4.79 Å². The first-order chi connectivity index (χ1) is 13.0. The van der Waals surface area contributed by atoms with Gasteiger partial charge in [-0.2, -0.15) is 5.10 Å². The highest BCUT2D eigenvalue weighted by molar-refractivity contribution is 6.04. The zero-order valence-corrected chi connectivity index (χ0v) is 17.0. The molecule has 1 amide bonds. The Morgan fingerprint density at radius 3 is 2.54 bits per heavy atom. The van der Waals surface area contributed by atoms with Crippen LogP contribution in [-0.2, 0) is 12.8 Å². The molecule has 4 rings (SSSR count). The van der Waals surface area contributed by atoms with Gasteiger partial charge in [0.25, 0.3) is 5.91 Å². The molecule has 2 aromatic carbocycles. The number of hydrogen-bond acceptors (Lipinski definition) is 3. The summed E-state index contributed by atoms with van der Waals surface area (Å²) in [5.41, 5.74) is 13.2. The van der Waals surface area contributed by atoms with Gasteiger partial charge < -0.3 is 11.1 Å². The van der Waals surface area contributed by atoms with E-state index in [1.165, 1.54) is 5.56 Å². The molecule has 1 heterocycles. The number of nitrogens with zero attached hydrogens (tertiary/aromatic N) is 2. The molecule has 5 nitrogen and oxygen atoms in total. The number of aryl methyl sites for hydroxylation is 2. The molecule has 0 spiro atoms. The average molecular weight is 397 g/mol. The van der Waals surface area contributed by atoms with E-state index in [0.29, 0.717) is 11.4 Å². The molecule has 146 valence electrons. The minimum atomic E-state index is -0.173. The molecule has 1 aliphatic carbocycles. The quantitative estimate of drug-likeness (QED) is 0.634. The lowest BCUT2D eigenvalue weighted by molar-refractivity contribution is 0.102. The number of fused-ring (bicyclic) bond motifs is 1. The number of hydrogen-bond donors (Lipinski definition) is 2. The SMILES string of the molecule is Cc1ccc(-n2nc(C(=O)Nc3cc(N)ccc3C)c3c2CCCC3)cc1.Cl. The summed E-state index contributed by atoms with van der Waals surface area (Å²) in [5, 5.41) is 7.71. The van der Waals surface area contributed by atoms with E-state index in [1.54, 1.807) is 6.07 Å². The van der Waals surface area contributed by atoms with E-state index in [-0.39, 0.29) is 18.3 Å². The van der Waals surface area contributed by atoms with Crippen molar-refractivity contribution in [3.8, 4) is 5.69 Å². The van der Waals surface area contributed by atoms with Crippen molar-refractivity contribution in [3.05, 3.63) is 70.5 Å². The van der Waals surface area contributed by atoms with Crippen LogP contribution < -0.4 is 11.1 Å². The summed E-state index contributed by atoms with van der Waals surface area (Å²) in [7, 11) is 0. The van der Waals surface area contributed by atoms with Gasteiger partial charge in [-0.15, -0.1) is 12.4 Å². The number of aromatic nitrogens is 2. The fraction of sp³-hybridized carbons (Fsp3) is 0.273. The first kappa shape index (κ1) is 20.0. The van der Waals surface area contributed by atoms with Gasteiger partial charge in [0.15, 0.2) is 5.69 Å². The van der Waals surface area contributed by atoms with Crippen LogP contribution in [0.3, 0.4) is 0 Å². The molecular weight excluding hydrogens is 372 g/mol. The fourth-order valence-corrected chi connectivity index (χ4v) is 3.64. The first-order valence-corrected chi connectivity index (χ1v) is 9.38. The fourth-order valence-electron chi connectivity index (χ4n) is 3.64. The van der Waals surface area contributed by atoms with Gasteiger partial charge in [0, 0.05) is 22.6 Å². The molecule has 0 fully saturated rings. The maximum atomic E-state index is 13.0. The second-order valence-corrected chi connectivity index (χ2v) is 7.26. The van der Waals surface area contributed by atoms with Crippen LogP contribution in [0.1, 0.15) is 45.7 Å². The molecule has 0 atom stereocenters. The lowest BCUT2D eigenvalue weighted by Crippen LogP contribution is -2.16. The maximum absolute atomic E-state index is 13.0. The van der Waals surface area contributed by atoms with Gasteiger partial charge in [-0.1, -0.05) is 23.8 Å². The Morgan fingerprint density at radius 2 is 1.79 bits per heavy atom. The van der Waals surface area contributed by atoms with Gasteiger partial charge in [0.2, 0.25) is 0 Å². The summed E-state index contributed by atoms with van der Waals surface area (Å²) in [5.74, 6) is -0.173. The molecule has 3 N–H and O–H groups in total. The number of halogens is 1. The Kier molecular flexibility index (Phi) is 5.75. The summed E-state index contributed by atoms with van der Waals surface area (Å²) < 4.78 is 1.94. The maximum Gasteiger partial charge on any atom is 0.276 e. The molecule has 0 saturated heterocycles. The largest absolute Gasteiger partial charge is 0.399 e. The Morgan fingerprint density at radius 1 is 1.07 bits per heavy atom. The molecule has 0 aliphatic heterocycles. The van der Waals surface area contributed by atoms with Crippen LogP contribution in [0, 0.1) is 13.8 Å². The molecule has 6 heteroatoms. The molecule has 3 aromatic rings. The minimum Gasteiger partial charge on any atom is -0.399 e. The zero-order chi connectivity index (χ0) is 19.0. The number of benzene rings is 2. The molecule has 28 heavy (non-hydrogen) atoms. The van der Waals surface area contributed by atoms with Crippen molar-refractivity contribution in [2.24, 2.45) is 0 Å². The lowest BCUT2D eigenvalue weighted by atomic mass is 9.95. The highest BCUT2D eigenvalue weighted by Crippen LogP contribution is 2.28. The van der Waals surface area contributed by atoms with Gasteiger partial charge in [-0.25, -0.2) is 4.68 Å². The first-order valence-electron chi connectivity index (χ1n) is 9.38. The van der Waals surface area contributed by atoms with Crippen molar-refractivity contribution >= 4 is 29.7 Å². The van der Waals surface area contributed by atoms with Crippen molar-refractivity contribution in [2.75, 3.05) is 11.1 Å². The van der Waals surface area contributed by atoms with E-state index in [0.717, 1.165) is 53.9 Å². The van der Waals surface area contributed by atoms with E-state index >= 15 is 0 Å². The molecule has 0 radical (unpaired) electrons. The Hall–Kier alpha value is -2.79. The average Bonchev–Trinajstić information content (AvgIpc) is 3.05. The van der Waals surface area contributed by atoms with Crippen LogP contribution >= 0.6 is 12.4 Å². The van der Waals surface area contributed by atoms with E-state index < -0.39 is 0 Å². The van der Waals surface area contributed by atoms with Crippen LogP contribution in [0.15, 0.2) is 42.5 Å². The second kappa shape index (κ2) is 8.07. The van der Waals surface area contributed by atoms with Crippen LogP contribution in [0.25, 0.3) is 5.69 Å². The van der Waals surface area contributed by atoms with Crippen LogP contribution in [-0.4, -0.2) is 15.7 Å². The monoisotopic (exact) mass is 396 g/mol. The number of rotatable bonds is 3. The summed E-state index contributed by atoms with van der Waals surface area (Å²) in [6.45, 7) is 4.02. The van der Waals surface area contributed by atoms with Crippen molar-refractivity contribution in [1.29, 1.82) is 0 Å². The van der Waals surface area contributed by atoms with Gasteiger partial charge in [-0.3, -0.25) is 4.79 Å². The summed E-state index contributed by atoms with van der Waals surface area (Å²) in [6.07, 6.45) is 4.05. The van der Waals surface area contributed by atoms with Crippen molar-refractivity contribution in [3.63, 3.8) is 0 Å². The Bertz CT molecular complexity index is 1010. The summed E-state index contributed by atoms with van der Waals surface area (Å²) in [4.78, 5) is 13.0. The van der Waals surface area contributed by atoms with Crippen molar-refractivity contribution in [2.45, 2.75) is 39.5 Å². The number of nitrogens with two attached hydrogens (primary N) is 1. The predicted molar refractivity (Wildman–Crippen MR) is 116 cm³/mol. The number of amides is 1. The third kappa shape index (κ3) is 3.76. The number of carbonyl (C=O) groups excluding carboxylic acids is 1.